The fraction of sp³-hybridized carbons (Fsp3) is 0.867. The largest absolute Gasteiger partial charge is 0.300 e. The molecule has 2 heteroatoms. The van der Waals surface area contributed by atoms with Crippen LogP contribution >= 0.6 is 0 Å². The van der Waals surface area contributed by atoms with Crippen LogP contribution in [0.15, 0.2) is 0 Å². The molecule has 1 aliphatic rings. The molecule has 0 N–H and O–H groups in total. The number of carbonyl (C=O) groups is 1. The fourth-order valence-electron chi connectivity index (χ4n) is 2.01. The quantitative estimate of drug-likeness (QED) is 0.608. The molecule has 1 saturated carbocycles. The molecule has 17 heavy (non-hydrogen) atoms. The number of hydrogen-bond acceptors (Lipinski definition) is 2. The molecule has 0 aromatic carbocycles. The summed E-state index contributed by atoms with van der Waals surface area (Å²) in [6, 6.07) is 1.93. The second-order valence-electron chi connectivity index (χ2n) is 4.73. The molecule has 0 unspecified atom stereocenters. The average Bonchev–Trinajstić information content (AvgIpc) is 2.34. The third-order valence-electron chi connectivity index (χ3n) is 3.07. The molecule has 0 heterocycles. The summed E-state index contributed by atoms with van der Waals surface area (Å²) in [7, 11) is 0. The molecule has 0 aromatic rings. The van der Waals surface area contributed by atoms with Gasteiger partial charge in [-0.05, 0) is 12.8 Å². The second kappa shape index (κ2) is 13.2. The Morgan fingerprint density at radius 3 is 1.47 bits per heavy atom. The second-order valence-corrected chi connectivity index (χ2v) is 4.73. The van der Waals surface area contributed by atoms with Gasteiger partial charge in [0.1, 0.15) is 5.78 Å². The number of nitrogens with zero attached hydrogens (tertiary/aromatic N) is 1. The summed E-state index contributed by atoms with van der Waals surface area (Å²) < 4.78 is 0. The van der Waals surface area contributed by atoms with Crippen LogP contribution in [0, 0.1) is 11.3 Å². The molecule has 98 valence electrons. The lowest BCUT2D eigenvalue weighted by molar-refractivity contribution is -0.119. The van der Waals surface area contributed by atoms with Crippen molar-refractivity contribution < 1.29 is 4.79 Å². The number of rotatable bonds is 0. The molecule has 0 saturated heterocycles. The first kappa shape index (κ1) is 16.2. The van der Waals surface area contributed by atoms with Gasteiger partial charge in [-0.1, -0.05) is 51.9 Å². The van der Waals surface area contributed by atoms with Crippen molar-refractivity contribution in [1.29, 1.82) is 5.26 Å². The topological polar surface area (TPSA) is 40.9 Å². The molecule has 2 nitrogen and oxygen atoms in total. The van der Waals surface area contributed by atoms with E-state index in [1.807, 2.05) is 13.0 Å². The predicted molar refractivity (Wildman–Crippen MR) is 71.7 cm³/mol. The molecule has 0 spiro atoms. The van der Waals surface area contributed by atoms with Crippen LogP contribution in [0.25, 0.3) is 0 Å². The number of ketones is 1. The maximum Gasteiger partial charge on any atom is 0.132 e. The number of hydrogen-bond donors (Lipinski definition) is 0. The average molecular weight is 237 g/mol. The van der Waals surface area contributed by atoms with Crippen LogP contribution in [0.2, 0.25) is 0 Å². The summed E-state index contributed by atoms with van der Waals surface area (Å²) >= 11 is 0. The van der Waals surface area contributed by atoms with Crippen LogP contribution in [-0.4, -0.2) is 5.78 Å². The minimum absolute atomic E-state index is 0.501. The Morgan fingerprint density at radius 1 is 0.882 bits per heavy atom. The molecule has 1 rings (SSSR count). The SMILES string of the molecule is CCC#N.O=C1CCCCCCCCCCC1. The van der Waals surface area contributed by atoms with E-state index in [1.165, 1.54) is 44.9 Å². The van der Waals surface area contributed by atoms with E-state index in [1.54, 1.807) is 0 Å². The number of Topliss-reactive ketones (excluding diaryl/α,β-unsaturated/α-hetero) is 1. The molecule has 0 atom stereocenters. The first-order valence-corrected chi connectivity index (χ1v) is 7.20. The van der Waals surface area contributed by atoms with E-state index in [-0.39, 0.29) is 0 Å². The van der Waals surface area contributed by atoms with Crippen LogP contribution in [0.3, 0.4) is 0 Å². The lowest BCUT2D eigenvalue weighted by atomic mass is 10.0. The molecule has 1 aliphatic carbocycles. The van der Waals surface area contributed by atoms with Crippen molar-refractivity contribution in [3.8, 4) is 6.07 Å². The molecular weight excluding hydrogens is 210 g/mol. The summed E-state index contributed by atoms with van der Waals surface area (Å²) in [4.78, 5) is 11.3. The third-order valence-corrected chi connectivity index (χ3v) is 3.07. The van der Waals surface area contributed by atoms with Crippen molar-refractivity contribution in [2.45, 2.75) is 84.0 Å². The Kier molecular flexibility index (Phi) is 12.6. The predicted octanol–water partition coefficient (Wildman–Crippen LogP) is 4.78. The van der Waals surface area contributed by atoms with Crippen LogP contribution in [-0.2, 0) is 4.79 Å². The third kappa shape index (κ3) is 13.1. The summed E-state index contributed by atoms with van der Waals surface area (Å²) in [5.41, 5.74) is 0. The van der Waals surface area contributed by atoms with Gasteiger partial charge in [-0.3, -0.25) is 4.79 Å². The van der Waals surface area contributed by atoms with Crippen LogP contribution < -0.4 is 0 Å². The summed E-state index contributed by atoms with van der Waals surface area (Å²) in [6.45, 7) is 1.82. The smallest absolute Gasteiger partial charge is 0.132 e. The lowest BCUT2D eigenvalue weighted by Crippen LogP contribution is -1.98. The Labute approximate surface area is 106 Å². The highest BCUT2D eigenvalue weighted by Crippen LogP contribution is 2.14. The Hall–Kier alpha value is -0.840. The summed E-state index contributed by atoms with van der Waals surface area (Å²) in [5.74, 6) is 0.501. The highest BCUT2D eigenvalue weighted by atomic mass is 16.1. The van der Waals surface area contributed by atoms with Crippen LogP contribution in [0.4, 0.5) is 0 Å². The highest BCUT2D eigenvalue weighted by Gasteiger charge is 2.02. The van der Waals surface area contributed by atoms with Crippen molar-refractivity contribution in [2.75, 3.05) is 0 Å². The van der Waals surface area contributed by atoms with Gasteiger partial charge in [0.25, 0.3) is 0 Å². The van der Waals surface area contributed by atoms with E-state index < -0.39 is 0 Å². The Morgan fingerprint density at radius 2 is 1.18 bits per heavy atom. The van der Waals surface area contributed by atoms with Gasteiger partial charge in [0.05, 0.1) is 6.07 Å². The first-order valence-electron chi connectivity index (χ1n) is 7.20. The molecular formula is C15H27NO. The van der Waals surface area contributed by atoms with Gasteiger partial charge in [-0.25, -0.2) is 0 Å². The summed E-state index contributed by atoms with van der Waals surface area (Å²) in [5, 5.41) is 7.62. The molecule has 0 aliphatic heterocycles. The maximum absolute atomic E-state index is 11.3. The minimum atomic E-state index is 0.501. The van der Waals surface area contributed by atoms with E-state index in [9.17, 15) is 4.79 Å². The van der Waals surface area contributed by atoms with Crippen molar-refractivity contribution >= 4 is 5.78 Å². The van der Waals surface area contributed by atoms with Gasteiger partial charge in [0, 0.05) is 19.3 Å². The van der Waals surface area contributed by atoms with E-state index >= 15 is 0 Å². The van der Waals surface area contributed by atoms with Gasteiger partial charge in [0.15, 0.2) is 0 Å². The Balaban J connectivity index is 0.000000557. The number of carbonyl (C=O) groups excluding carboxylic acids is 1. The first-order chi connectivity index (χ1) is 8.31. The van der Waals surface area contributed by atoms with E-state index in [0.29, 0.717) is 12.2 Å². The highest BCUT2D eigenvalue weighted by molar-refractivity contribution is 5.78. The van der Waals surface area contributed by atoms with E-state index in [0.717, 1.165) is 25.7 Å². The lowest BCUT2D eigenvalue weighted by Gasteiger charge is -2.05. The standard InChI is InChI=1S/C12H22O.C3H5N/c13-12-10-8-6-4-2-1-3-5-7-9-11-12;1-2-3-4/h1-11H2;2H2,1H3. The Bertz CT molecular complexity index is 203. The molecule has 1 fully saturated rings. The van der Waals surface area contributed by atoms with Gasteiger partial charge in [-0.2, -0.15) is 5.26 Å². The van der Waals surface area contributed by atoms with Crippen molar-refractivity contribution in [3.63, 3.8) is 0 Å². The van der Waals surface area contributed by atoms with Gasteiger partial charge in [0.2, 0.25) is 0 Å². The van der Waals surface area contributed by atoms with E-state index in [2.05, 4.69) is 0 Å². The zero-order valence-electron chi connectivity index (χ0n) is 11.3. The molecule has 0 bridgehead atoms. The van der Waals surface area contributed by atoms with E-state index in [4.69, 9.17) is 5.26 Å². The minimum Gasteiger partial charge on any atom is -0.300 e. The normalized spacial score (nSPS) is 18.9. The molecule has 0 radical (unpaired) electrons. The molecule has 0 amide bonds. The van der Waals surface area contributed by atoms with Crippen LogP contribution in [0.1, 0.15) is 84.0 Å². The molecule has 0 aromatic heterocycles. The van der Waals surface area contributed by atoms with Crippen molar-refractivity contribution in [3.05, 3.63) is 0 Å². The van der Waals surface area contributed by atoms with Crippen molar-refractivity contribution in [2.24, 2.45) is 0 Å². The van der Waals surface area contributed by atoms with Crippen molar-refractivity contribution in [1.82, 2.24) is 0 Å². The van der Waals surface area contributed by atoms with Gasteiger partial charge in [-0.15, -0.1) is 0 Å². The monoisotopic (exact) mass is 237 g/mol. The zero-order chi connectivity index (χ0) is 12.8. The zero-order valence-corrected chi connectivity index (χ0v) is 11.3. The van der Waals surface area contributed by atoms with Gasteiger partial charge < -0.3 is 0 Å². The van der Waals surface area contributed by atoms with Gasteiger partial charge >= 0.3 is 0 Å². The van der Waals surface area contributed by atoms with Crippen LogP contribution in [0.5, 0.6) is 0 Å². The summed E-state index contributed by atoms with van der Waals surface area (Å²) in [6.07, 6.45) is 14.0. The maximum atomic E-state index is 11.3. The fourth-order valence-corrected chi connectivity index (χ4v) is 2.01. The number of nitriles is 1.